The molecule has 108 valence electrons. The van der Waals surface area contributed by atoms with Crippen LogP contribution in [0, 0.1) is 0 Å². The zero-order valence-corrected chi connectivity index (χ0v) is 12.8. The summed E-state index contributed by atoms with van der Waals surface area (Å²) in [6, 6.07) is 9.81. The molecule has 0 aliphatic rings. The van der Waals surface area contributed by atoms with Crippen molar-refractivity contribution in [1.82, 2.24) is 5.32 Å². The number of carbonyl (C=O) groups is 1. The van der Waals surface area contributed by atoms with Gasteiger partial charge in [0.1, 0.15) is 0 Å². The van der Waals surface area contributed by atoms with Crippen LogP contribution in [0.15, 0.2) is 53.6 Å². The average Bonchev–Trinajstić information content (AvgIpc) is 2.39. The Bertz CT molecular complexity index is 467. The molecule has 0 saturated carbocycles. The molecule has 1 rings (SSSR count). The van der Waals surface area contributed by atoms with Crippen LogP contribution < -0.4 is 5.32 Å². The van der Waals surface area contributed by atoms with Crippen molar-refractivity contribution in [3.63, 3.8) is 0 Å². The van der Waals surface area contributed by atoms with Gasteiger partial charge in [0.15, 0.2) is 0 Å². The molecule has 1 aromatic carbocycles. The summed E-state index contributed by atoms with van der Waals surface area (Å²) in [6.45, 7) is 6.96. The second kappa shape index (κ2) is 9.13. The Hall–Kier alpha value is -1.83. The maximum atomic E-state index is 11.7. The van der Waals surface area contributed by atoms with Crippen molar-refractivity contribution in [1.29, 1.82) is 0 Å². The number of carbonyl (C=O) groups excluding carboxylic acids is 1. The van der Waals surface area contributed by atoms with Crippen molar-refractivity contribution in [3.8, 4) is 0 Å². The van der Waals surface area contributed by atoms with E-state index in [9.17, 15) is 4.79 Å². The number of amides is 1. The third-order valence-corrected chi connectivity index (χ3v) is 3.05. The van der Waals surface area contributed by atoms with Gasteiger partial charge >= 0.3 is 0 Å². The molecule has 0 fully saturated rings. The predicted molar refractivity (Wildman–Crippen MR) is 85.6 cm³/mol. The average molecular weight is 271 g/mol. The molecular formula is C18H25NO. The molecule has 2 heteroatoms. The van der Waals surface area contributed by atoms with Gasteiger partial charge in [-0.1, -0.05) is 53.6 Å². The minimum absolute atomic E-state index is 0.0737. The van der Waals surface area contributed by atoms with E-state index in [1.165, 1.54) is 11.1 Å². The fourth-order valence-corrected chi connectivity index (χ4v) is 1.87. The summed E-state index contributed by atoms with van der Waals surface area (Å²) in [7, 11) is 0. The van der Waals surface area contributed by atoms with E-state index in [2.05, 4.69) is 38.2 Å². The topological polar surface area (TPSA) is 29.1 Å². The molecule has 0 bridgehead atoms. The second-order valence-electron chi connectivity index (χ2n) is 5.34. The van der Waals surface area contributed by atoms with Gasteiger partial charge in [0.25, 0.3) is 0 Å². The van der Waals surface area contributed by atoms with Crippen molar-refractivity contribution >= 4 is 5.91 Å². The molecule has 0 unspecified atom stereocenters. The molecule has 0 aliphatic carbocycles. The molecule has 1 N–H and O–H groups in total. The van der Waals surface area contributed by atoms with E-state index in [1.54, 1.807) is 0 Å². The maximum absolute atomic E-state index is 11.7. The first-order valence-corrected chi connectivity index (χ1v) is 7.17. The molecule has 0 spiro atoms. The summed E-state index contributed by atoms with van der Waals surface area (Å²) < 4.78 is 0. The molecule has 0 atom stereocenters. The van der Waals surface area contributed by atoms with Crippen LogP contribution in [0.25, 0.3) is 0 Å². The van der Waals surface area contributed by atoms with E-state index in [0.29, 0.717) is 13.0 Å². The zero-order chi connectivity index (χ0) is 14.8. The minimum atomic E-state index is 0.0737. The van der Waals surface area contributed by atoms with Crippen LogP contribution >= 0.6 is 0 Å². The van der Waals surface area contributed by atoms with Gasteiger partial charge < -0.3 is 5.32 Å². The smallest absolute Gasteiger partial charge is 0.224 e. The molecule has 0 aliphatic heterocycles. The Kier molecular flexibility index (Phi) is 7.41. The van der Waals surface area contributed by atoms with E-state index in [-0.39, 0.29) is 5.91 Å². The molecule has 0 saturated heterocycles. The van der Waals surface area contributed by atoms with Crippen LogP contribution in [-0.2, 0) is 11.2 Å². The third kappa shape index (κ3) is 7.57. The Labute approximate surface area is 122 Å². The van der Waals surface area contributed by atoms with Crippen LogP contribution in [0.1, 0.15) is 39.2 Å². The van der Waals surface area contributed by atoms with Crippen LogP contribution in [0.3, 0.4) is 0 Å². The van der Waals surface area contributed by atoms with Gasteiger partial charge in [-0.2, -0.15) is 0 Å². The number of hydrogen-bond donors (Lipinski definition) is 1. The van der Waals surface area contributed by atoms with E-state index >= 15 is 0 Å². The van der Waals surface area contributed by atoms with Crippen molar-refractivity contribution < 1.29 is 4.79 Å². The SMILES string of the molecule is CC(C)=CCC/C(C)=C/CNC(=O)Cc1ccccc1. The van der Waals surface area contributed by atoms with E-state index in [4.69, 9.17) is 0 Å². The Morgan fingerprint density at radius 3 is 2.45 bits per heavy atom. The lowest BCUT2D eigenvalue weighted by Crippen LogP contribution is -2.25. The van der Waals surface area contributed by atoms with Gasteiger partial charge in [-0.3, -0.25) is 4.79 Å². The highest BCUT2D eigenvalue weighted by Gasteiger charge is 2.00. The molecule has 1 aromatic rings. The van der Waals surface area contributed by atoms with Crippen LogP contribution in [0.5, 0.6) is 0 Å². The van der Waals surface area contributed by atoms with Crippen molar-refractivity contribution in [3.05, 3.63) is 59.2 Å². The number of benzene rings is 1. The Balaban J connectivity index is 2.25. The molecule has 0 aromatic heterocycles. The fourth-order valence-electron chi connectivity index (χ4n) is 1.87. The zero-order valence-electron chi connectivity index (χ0n) is 12.8. The van der Waals surface area contributed by atoms with Gasteiger partial charge in [-0.05, 0) is 39.2 Å². The number of nitrogens with one attached hydrogen (secondary N) is 1. The summed E-state index contributed by atoms with van der Waals surface area (Å²) >= 11 is 0. The third-order valence-electron chi connectivity index (χ3n) is 3.05. The van der Waals surface area contributed by atoms with Gasteiger partial charge in [0.05, 0.1) is 6.42 Å². The van der Waals surface area contributed by atoms with E-state index < -0.39 is 0 Å². The highest BCUT2D eigenvalue weighted by molar-refractivity contribution is 5.78. The summed E-state index contributed by atoms with van der Waals surface area (Å²) in [4.78, 5) is 11.7. The number of allylic oxidation sites excluding steroid dienone is 3. The highest BCUT2D eigenvalue weighted by Crippen LogP contribution is 2.06. The molecule has 1 amide bonds. The van der Waals surface area contributed by atoms with Crippen LogP contribution in [-0.4, -0.2) is 12.5 Å². The van der Waals surface area contributed by atoms with Gasteiger partial charge in [0, 0.05) is 6.54 Å². The summed E-state index contributed by atoms with van der Waals surface area (Å²) in [5.41, 5.74) is 3.73. The van der Waals surface area contributed by atoms with Crippen molar-refractivity contribution in [2.45, 2.75) is 40.0 Å². The Morgan fingerprint density at radius 1 is 1.10 bits per heavy atom. The predicted octanol–water partition coefficient (Wildman–Crippen LogP) is 4.04. The molecular weight excluding hydrogens is 246 g/mol. The number of hydrogen-bond acceptors (Lipinski definition) is 1. The first kappa shape index (κ1) is 16.2. The van der Waals surface area contributed by atoms with Crippen molar-refractivity contribution in [2.75, 3.05) is 6.54 Å². The maximum Gasteiger partial charge on any atom is 0.224 e. The quantitative estimate of drug-likeness (QED) is 0.745. The first-order valence-electron chi connectivity index (χ1n) is 7.17. The lowest BCUT2D eigenvalue weighted by atomic mass is 10.1. The van der Waals surface area contributed by atoms with Crippen LogP contribution in [0.4, 0.5) is 0 Å². The number of rotatable bonds is 7. The lowest BCUT2D eigenvalue weighted by molar-refractivity contribution is -0.120. The van der Waals surface area contributed by atoms with Gasteiger partial charge in [-0.25, -0.2) is 0 Å². The van der Waals surface area contributed by atoms with Crippen molar-refractivity contribution in [2.24, 2.45) is 0 Å². The molecule has 0 heterocycles. The summed E-state index contributed by atoms with van der Waals surface area (Å²) in [5, 5.41) is 2.93. The van der Waals surface area contributed by atoms with Gasteiger partial charge in [0.2, 0.25) is 5.91 Å². The Morgan fingerprint density at radius 2 is 1.80 bits per heavy atom. The fraction of sp³-hybridized carbons (Fsp3) is 0.389. The standard InChI is InChI=1S/C18H25NO/c1-15(2)8-7-9-16(3)12-13-19-18(20)14-17-10-5-4-6-11-17/h4-6,8,10-12H,7,9,13-14H2,1-3H3,(H,19,20)/b16-12+. The van der Waals surface area contributed by atoms with Gasteiger partial charge in [-0.15, -0.1) is 0 Å². The summed E-state index contributed by atoms with van der Waals surface area (Å²) in [5.74, 6) is 0.0737. The second-order valence-corrected chi connectivity index (χ2v) is 5.34. The highest BCUT2D eigenvalue weighted by atomic mass is 16.1. The monoisotopic (exact) mass is 271 g/mol. The van der Waals surface area contributed by atoms with E-state index in [0.717, 1.165) is 18.4 Å². The minimum Gasteiger partial charge on any atom is -0.352 e. The lowest BCUT2D eigenvalue weighted by Gasteiger charge is -2.04. The van der Waals surface area contributed by atoms with Crippen LogP contribution in [0.2, 0.25) is 0 Å². The largest absolute Gasteiger partial charge is 0.352 e. The molecule has 0 radical (unpaired) electrons. The molecule has 2 nitrogen and oxygen atoms in total. The van der Waals surface area contributed by atoms with E-state index in [1.807, 2.05) is 30.3 Å². The first-order chi connectivity index (χ1) is 9.58. The normalized spacial score (nSPS) is 11.1. The summed E-state index contributed by atoms with van der Waals surface area (Å²) in [6.07, 6.45) is 6.92. The molecule has 20 heavy (non-hydrogen) atoms.